The highest BCUT2D eigenvalue weighted by molar-refractivity contribution is 9.10. The van der Waals surface area contributed by atoms with Crippen molar-refractivity contribution in [1.82, 2.24) is 9.71 Å². The first kappa shape index (κ1) is 20.2. The van der Waals surface area contributed by atoms with Crippen LogP contribution in [-0.2, 0) is 16.5 Å². The van der Waals surface area contributed by atoms with Gasteiger partial charge >= 0.3 is 0 Å². The van der Waals surface area contributed by atoms with Crippen molar-refractivity contribution in [3.8, 4) is 0 Å². The van der Waals surface area contributed by atoms with E-state index >= 15 is 0 Å². The Morgan fingerprint density at radius 3 is 2.36 bits per heavy atom. The van der Waals surface area contributed by atoms with Crippen LogP contribution < -0.4 is 4.72 Å². The Bertz CT molecular complexity index is 744. The van der Waals surface area contributed by atoms with E-state index in [0.29, 0.717) is 6.42 Å². The molecule has 0 spiro atoms. The molecule has 4 nitrogen and oxygen atoms in total. The summed E-state index contributed by atoms with van der Waals surface area (Å²) >= 11 is 3.46. The lowest BCUT2D eigenvalue weighted by Gasteiger charge is -2.37. The van der Waals surface area contributed by atoms with Gasteiger partial charge in [0.2, 0.25) is 0 Å². The van der Waals surface area contributed by atoms with E-state index in [9.17, 15) is 9.32 Å². The van der Waals surface area contributed by atoms with E-state index in [-0.39, 0.29) is 6.61 Å². The topological polar surface area (TPSA) is 62.2 Å². The Hall–Kier alpha value is -1.08. The molecule has 2 atom stereocenters. The third-order valence-electron chi connectivity index (χ3n) is 4.06. The SMILES string of the molecule is Cc1cccnc1C(CCO)(NS(=O)C(C)(C)C)c1ccc(Br)cc1. The lowest BCUT2D eigenvalue weighted by molar-refractivity contribution is 0.245. The molecule has 0 fully saturated rings. The van der Waals surface area contributed by atoms with Crippen LogP contribution in [0, 0.1) is 6.92 Å². The molecular formula is C19H25BrN2O2S. The molecule has 25 heavy (non-hydrogen) atoms. The molecule has 0 aliphatic heterocycles. The van der Waals surface area contributed by atoms with E-state index in [2.05, 4.69) is 25.6 Å². The lowest BCUT2D eigenvalue weighted by Crippen LogP contribution is -2.50. The lowest BCUT2D eigenvalue weighted by atomic mass is 9.82. The van der Waals surface area contributed by atoms with Crippen LogP contribution in [0.3, 0.4) is 0 Å². The molecular weight excluding hydrogens is 400 g/mol. The fourth-order valence-corrected chi connectivity index (χ4v) is 3.91. The first-order valence-electron chi connectivity index (χ1n) is 8.19. The van der Waals surface area contributed by atoms with Gasteiger partial charge in [0.15, 0.2) is 0 Å². The van der Waals surface area contributed by atoms with Crippen molar-refractivity contribution in [2.24, 2.45) is 0 Å². The van der Waals surface area contributed by atoms with Crippen LogP contribution in [0.15, 0.2) is 47.1 Å². The molecule has 2 N–H and O–H groups in total. The van der Waals surface area contributed by atoms with Crippen LogP contribution in [0.5, 0.6) is 0 Å². The highest BCUT2D eigenvalue weighted by Gasteiger charge is 2.40. The number of halogens is 1. The molecule has 2 unspecified atom stereocenters. The second-order valence-electron chi connectivity index (χ2n) is 7.04. The number of nitrogens with one attached hydrogen (secondary N) is 1. The number of aliphatic hydroxyl groups is 1. The first-order valence-corrected chi connectivity index (χ1v) is 10.1. The maximum atomic E-state index is 13.0. The maximum absolute atomic E-state index is 13.0. The second kappa shape index (κ2) is 8.08. The normalized spacial score (nSPS) is 15.6. The molecule has 2 rings (SSSR count). The molecule has 136 valence electrons. The van der Waals surface area contributed by atoms with Crippen molar-refractivity contribution in [3.63, 3.8) is 0 Å². The van der Waals surface area contributed by atoms with Crippen molar-refractivity contribution >= 4 is 26.9 Å². The zero-order valence-corrected chi connectivity index (χ0v) is 17.4. The number of aromatic nitrogens is 1. The molecule has 1 heterocycles. The molecule has 1 aromatic carbocycles. The molecule has 2 aromatic rings. The molecule has 0 radical (unpaired) electrons. The Morgan fingerprint density at radius 1 is 1.20 bits per heavy atom. The first-order chi connectivity index (χ1) is 11.7. The summed E-state index contributed by atoms with van der Waals surface area (Å²) < 4.78 is 16.8. The smallest absolute Gasteiger partial charge is 0.100 e. The minimum absolute atomic E-state index is 0.0551. The van der Waals surface area contributed by atoms with Gasteiger partial charge in [-0.05, 0) is 63.4 Å². The third-order valence-corrected chi connectivity index (χ3v) is 6.24. The van der Waals surface area contributed by atoms with Crippen LogP contribution in [0.2, 0.25) is 0 Å². The Morgan fingerprint density at radius 2 is 1.84 bits per heavy atom. The average Bonchev–Trinajstić information content (AvgIpc) is 2.54. The van der Waals surface area contributed by atoms with Gasteiger partial charge in [-0.3, -0.25) is 4.98 Å². The van der Waals surface area contributed by atoms with Crippen molar-refractivity contribution in [2.45, 2.75) is 44.4 Å². The van der Waals surface area contributed by atoms with Gasteiger partial charge in [0, 0.05) is 17.3 Å². The number of hydrogen-bond donors (Lipinski definition) is 2. The van der Waals surface area contributed by atoms with Gasteiger partial charge in [-0.1, -0.05) is 34.1 Å². The van der Waals surface area contributed by atoms with Crippen LogP contribution in [0.25, 0.3) is 0 Å². The summed E-state index contributed by atoms with van der Waals surface area (Å²) in [6, 6.07) is 11.7. The van der Waals surface area contributed by atoms with Crippen LogP contribution in [0.4, 0.5) is 0 Å². The summed E-state index contributed by atoms with van der Waals surface area (Å²) in [4.78, 5) is 4.58. The summed E-state index contributed by atoms with van der Waals surface area (Å²) in [6.45, 7) is 7.70. The predicted octanol–water partition coefficient (Wildman–Crippen LogP) is 3.83. The van der Waals surface area contributed by atoms with Crippen molar-refractivity contribution in [2.75, 3.05) is 6.61 Å². The number of hydrogen-bond acceptors (Lipinski definition) is 3. The average molecular weight is 425 g/mol. The molecule has 0 aliphatic carbocycles. The zero-order chi connectivity index (χ0) is 18.7. The quantitative estimate of drug-likeness (QED) is 0.740. The van der Waals surface area contributed by atoms with Crippen LogP contribution in [0.1, 0.15) is 44.0 Å². The fourth-order valence-electron chi connectivity index (χ4n) is 2.70. The standard InChI is InChI=1S/C19H25BrN2O2S/c1-14-6-5-12-21-17(14)19(11-13-23,22-25(24)18(2,3)4)15-7-9-16(20)10-8-15/h5-10,12,22-23H,11,13H2,1-4H3. The van der Waals surface area contributed by atoms with E-state index in [0.717, 1.165) is 21.3 Å². The predicted molar refractivity (Wildman–Crippen MR) is 107 cm³/mol. The molecule has 0 aliphatic rings. The van der Waals surface area contributed by atoms with E-state index in [1.54, 1.807) is 6.20 Å². The summed E-state index contributed by atoms with van der Waals surface area (Å²) in [5.41, 5.74) is 1.85. The number of aliphatic hydroxyl groups excluding tert-OH is 1. The molecule has 0 saturated heterocycles. The minimum atomic E-state index is -1.34. The number of rotatable bonds is 6. The summed E-state index contributed by atoms with van der Waals surface area (Å²) in [7, 11) is -1.34. The van der Waals surface area contributed by atoms with E-state index in [1.165, 1.54) is 0 Å². The summed E-state index contributed by atoms with van der Waals surface area (Å²) in [5, 5.41) is 9.81. The summed E-state index contributed by atoms with van der Waals surface area (Å²) in [6.07, 6.45) is 2.10. The Balaban J connectivity index is 2.68. The van der Waals surface area contributed by atoms with Crippen LogP contribution in [-0.4, -0.2) is 25.7 Å². The van der Waals surface area contributed by atoms with Gasteiger partial charge < -0.3 is 5.11 Å². The van der Waals surface area contributed by atoms with Crippen molar-refractivity contribution < 1.29 is 9.32 Å². The summed E-state index contributed by atoms with van der Waals surface area (Å²) in [5.74, 6) is 0. The van der Waals surface area contributed by atoms with Gasteiger partial charge in [-0.15, -0.1) is 0 Å². The van der Waals surface area contributed by atoms with Crippen LogP contribution >= 0.6 is 15.9 Å². The van der Waals surface area contributed by atoms with Gasteiger partial charge in [-0.2, -0.15) is 0 Å². The second-order valence-corrected chi connectivity index (χ2v) is 9.92. The van der Waals surface area contributed by atoms with Gasteiger partial charge in [0.1, 0.15) is 5.54 Å². The van der Waals surface area contributed by atoms with Crippen molar-refractivity contribution in [1.29, 1.82) is 0 Å². The highest BCUT2D eigenvalue weighted by atomic mass is 79.9. The maximum Gasteiger partial charge on any atom is 0.100 e. The van der Waals surface area contributed by atoms with E-state index in [4.69, 9.17) is 0 Å². The fraction of sp³-hybridized carbons (Fsp3) is 0.421. The number of aryl methyl sites for hydroxylation is 1. The van der Waals surface area contributed by atoms with E-state index in [1.807, 2.05) is 64.1 Å². The third kappa shape index (κ3) is 4.56. The number of nitrogens with zero attached hydrogens (tertiary/aromatic N) is 1. The largest absolute Gasteiger partial charge is 0.396 e. The van der Waals surface area contributed by atoms with E-state index < -0.39 is 21.3 Å². The zero-order valence-electron chi connectivity index (χ0n) is 15.0. The monoisotopic (exact) mass is 424 g/mol. The highest BCUT2D eigenvalue weighted by Crippen LogP contribution is 2.35. The minimum Gasteiger partial charge on any atom is -0.396 e. The Labute approximate surface area is 160 Å². The number of pyridine rings is 1. The molecule has 0 amide bonds. The molecule has 0 saturated carbocycles. The molecule has 6 heteroatoms. The van der Waals surface area contributed by atoms with Crippen molar-refractivity contribution in [3.05, 3.63) is 63.9 Å². The molecule has 1 aromatic heterocycles. The van der Waals surface area contributed by atoms with Gasteiger partial charge in [0.05, 0.1) is 21.4 Å². The Kier molecular flexibility index (Phi) is 6.54. The van der Waals surface area contributed by atoms with Gasteiger partial charge in [0.25, 0.3) is 0 Å². The van der Waals surface area contributed by atoms with Gasteiger partial charge in [-0.25, -0.2) is 8.93 Å². The number of benzene rings is 1. The molecule has 0 bridgehead atoms.